The van der Waals surface area contributed by atoms with Crippen molar-refractivity contribution >= 4 is 34.6 Å². The van der Waals surface area contributed by atoms with Crippen LogP contribution in [0, 0.1) is 11.8 Å². The van der Waals surface area contributed by atoms with Crippen molar-refractivity contribution in [2.45, 2.75) is 6.92 Å². The average molecular weight is 322 g/mol. The number of carboxylic acid groups (broad SMARTS) is 1. The van der Waals surface area contributed by atoms with Crippen molar-refractivity contribution in [2.24, 2.45) is 11.8 Å². The SMILES string of the molecule is CC1CN(C(=O)c2csc(-c3ccsc3)n2)CC1C(=O)O. The van der Waals surface area contributed by atoms with Crippen molar-refractivity contribution < 1.29 is 14.7 Å². The molecule has 1 fully saturated rings. The van der Waals surface area contributed by atoms with E-state index in [9.17, 15) is 9.59 Å². The Labute approximate surface area is 129 Å². The number of amides is 1. The molecule has 2 aromatic rings. The van der Waals surface area contributed by atoms with Crippen LogP contribution in [0.5, 0.6) is 0 Å². The minimum atomic E-state index is -0.838. The second-order valence-corrected chi connectivity index (χ2v) is 6.82. The third-order valence-electron chi connectivity index (χ3n) is 3.71. The van der Waals surface area contributed by atoms with Gasteiger partial charge in [0.1, 0.15) is 10.7 Å². The highest BCUT2D eigenvalue weighted by molar-refractivity contribution is 7.14. The van der Waals surface area contributed by atoms with Crippen LogP contribution in [0.4, 0.5) is 0 Å². The molecule has 1 N–H and O–H groups in total. The van der Waals surface area contributed by atoms with Gasteiger partial charge in [0, 0.05) is 29.4 Å². The third kappa shape index (κ3) is 2.71. The summed E-state index contributed by atoms with van der Waals surface area (Å²) in [6.07, 6.45) is 0. The van der Waals surface area contributed by atoms with Crippen LogP contribution in [-0.2, 0) is 4.79 Å². The van der Waals surface area contributed by atoms with Crippen LogP contribution in [0.15, 0.2) is 22.2 Å². The molecule has 0 bridgehead atoms. The number of likely N-dealkylation sites (tertiary alicyclic amines) is 1. The highest BCUT2D eigenvalue weighted by Gasteiger charge is 2.37. The first-order chi connectivity index (χ1) is 10.1. The summed E-state index contributed by atoms with van der Waals surface area (Å²) in [5.41, 5.74) is 1.42. The minimum Gasteiger partial charge on any atom is -0.481 e. The van der Waals surface area contributed by atoms with Gasteiger partial charge in [0.2, 0.25) is 0 Å². The maximum atomic E-state index is 12.4. The lowest BCUT2D eigenvalue weighted by Gasteiger charge is -2.13. The highest BCUT2D eigenvalue weighted by atomic mass is 32.1. The Balaban J connectivity index is 1.76. The van der Waals surface area contributed by atoms with Crippen molar-refractivity contribution in [3.63, 3.8) is 0 Å². The summed E-state index contributed by atoms with van der Waals surface area (Å²) in [4.78, 5) is 29.5. The van der Waals surface area contributed by atoms with Crippen LogP contribution in [-0.4, -0.2) is 40.0 Å². The van der Waals surface area contributed by atoms with E-state index in [0.29, 0.717) is 12.2 Å². The molecule has 21 heavy (non-hydrogen) atoms. The van der Waals surface area contributed by atoms with Gasteiger partial charge in [-0.2, -0.15) is 11.3 Å². The number of hydrogen-bond donors (Lipinski definition) is 1. The molecule has 110 valence electrons. The summed E-state index contributed by atoms with van der Waals surface area (Å²) in [5.74, 6) is -1.52. The number of nitrogens with zero attached hydrogens (tertiary/aromatic N) is 2. The summed E-state index contributed by atoms with van der Waals surface area (Å²) in [6.45, 7) is 2.60. The molecule has 0 aliphatic carbocycles. The quantitative estimate of drug-likeness (QED) is 0.943. The number of carbonyl (C=O) groups excluding carboxylic acids is 1. The molecule has 3 rings (SSSR count). The van der Waals surface area contributed by atoms with Crippen LogP contribution in [0.1, 0.15) is 17.4 Å². The zero-order valence-electron chi connectivity index (χ0n) is 11.4. The van der Waals surface area contributed by atoms with Gasteiger partial charge in [0.15, 0.2) is 0 Å². The van der Waals surface area contributed by atoms with E-state index in [1.54, 1.807) is 21.6 Å². The van der Waals surface area contributed by atoms with Gasteiger partial charge in [-0.15, -0.1) is 11.3 Å². The van der Waals surface area contributed by atoms with Crippen LogP contribution >= 0.6 is 22.7 Å². The maximum Gasteiger partial charge on any atom is 0.308 e. The number of carboxylic acids is 1. The summed E-state index contributed by atoms with van der Waals surface area (Å²) in [5, 5.41) is 15.7. The van der Waals surface area contributed by atoms with Gasteiger partial charge in [-0.05, 0) is 17.4 Å². The Kier molecular flexibility index (Phi) is 3.77. The lowest BCUT2D eigenvalue weighted by Crippen LogP contribution is -2.30. The summed E-state index contributed by atoms with van der Waals surface area (Å²) in [6, 6.07) is 1.97. The number of aliphatic carboxylic acids is 1. The topological polar surface area (TPSA) is 70.5 Å². The second kappa shape index (κ2) is 5.57. The molecule has 0 aromatic carbocycles. The van der Waals surface area contributed by atoms with Gasteiger partial charge in [0.05, 0.1) is 5.92 Å². The van der Waals surface area contributed by atoms with E-state index in [1.165, 1.54) is 11.3 Å². The molecule has 5 nitrogen and oxygen atoms in total. The molecule has 2 atom stereocenters. The molecule has 0 saturated carbocycles. The van der Waals surface area contributed by atoms with Crippen molar-refractivity contribution in [1.29, 1.82) is 0 Å². The van der Waals surface area contributed by atoms with Crippen LogP contribution in [0.25, 0.3) is 10.6 Å². The predicted molar refractivity (Wildman–Crippen MR) is 81.6 cm³/mol. The Morgan fingerprint density at radius 1 is 1.38 bits per heavy atom. The Bertz CT molecular complexity index is 666. The third-order valence-corrected chi connectivity index (χ3v) is 5.28. The van der Waals surface area contributed by atoms with Crippen LogP contribution in [0.2, 0.25) is 0 Å². The molecule has 2 aromatic heterocycles. The number of thiazole rings is 1. The summed E-state index contributed by atoms with van der Waals surface area (Å²) < 4.78 is 0. The average Bonchev–Trinajstić information content (AvgIpc) is 3.17. The van der Waals surface area contributed by atoms with E-state index < -0.39 is 11.9 Å². The zero-order chi connectivity index (χ0) is 15.0. The summed E-state index contributed by atoms with van der Waals surface area (Å²) >= 11 is 3.02. The molecule has 1 aliphatic rings. The van der Waals surface area contributed by atoms with Gasteiger partial charge >= 0.3 is 5.97 Å². The van der Waals surface area contributed by atoms with Gasteiger partial charge in [-0.1, -0.05) is 6.92 Å². The van der Waals surface area contributed by atoms with Crippen molar-refractivity contribution in [2.75, 3.05) is 13.1 Å². The van der Waals surface area contributed by atoms with E-state index in [1.807, 2.05) is 23.8 Å². The fourth-order valence-corrected chi connectivity index (χ4v) is 4.01. The molecular weight excluding hydrogens is 308 g/mol. The molecule has 0 spiro atoms. The minimum absolute atomic E-state index is 0.0265. The first kappa shape index (κ1) is 14.2. The van der Waals surface area contributed by atoms with Gasteiger partial charge in [-0.25, -0.2) is 4.98 Å². The van der Waals surface area contributed by atoms with Crippen LogP contribution in [0.3, 0.4) is 0 Å². The number of thiophene rings is 1. The first-order valence-electron chi connectivity index (χ1n) is 6.56. The monoisotopic (exact) mass is 322 g/mol. The normalized spacial score (nSPS) is 21.7. The lowest BCUT2D eigenvalue weighted by atomic mass is 9.99. The molecule has 1 saturated heterocycles. The van der Waals surface area contributed by atoms with Gasteiger partial charge in [0.25, 0.3) is 5.91 Å². The largest absolute Gasteiger partial charge is 0.481 e. The molecule has 1 aliphatic heterocycles. The second-order valence-electron chi connectivity index (χ2n) is 5.18. The fraction of sp³-hybridized carbons (Fsp3) is 0.357. The standard InChI is InChI=1S/C14H14N2O3S2/c1-8-4-16(5-10(8)14(18)19)13(17)11-7-21-12(15-11)9-2-3-20-6-9/h2-3,6-8,10H,4-5H2,1H3,(H,18,19). The van der Waals surface area contributed by atoms with Crippen molar-refractivity contribution in [1.82, 2.24) is 9.88 Å². The highest BCUT2D eigenvalue weighted by Crippen LogP contribution is 2.28. The smallest absolute Gasteiger partial charge is 0.308 e. The summed E-state index contributed by atoms with van der Waals surface area (Å²) in [7, 11) is 0. The van der Waals surface area contributed by atoms with E-state index in [-0.39, 0.29) is 18.4 Å². The number of hydrogen-bond acceptors (Lipinski definition) is 5. The lowest BCUT2D eigenvalue weighted by molar-refractivity contribution is -0.142. The Hall–Kier alpha value is -1.73. The van der Waals surface area contributed by atoms with E-state index in [4.69, 9.17) is 5.11 Å². The number of rotatable bonds is 3. The van der Waals surface area contributed by atoms with Crippen molar-refractivity contribution in [3.05, 3.63) is 27.9 Å². The van der Waals surface area contributed by atoms with Gasteiger partial charge in [-0.3, -0.25) is 9.59 Å². The number of aromatic nitrogens is 1. The van der Waals surface area contributed by atoms with Gasteiger partial charge < -0.3 is 10.0 Å². The molecule has 2 unspecified atom stereocenters. The molecule has 1 amide bonds. The van der Waals surface area contributed by atoms with Crippen molar-refractivity contribution in [3.8, 4) is 10.6 Å². The Morgan fingerprint density at radius 2 is 2.19 bits per heavy atom. The maximum absolute atomic E-state index is 12.4. The fourth-order valence-electron chi connectivity index (χ4n) is 2.51. The molecule has 7 heteroatoms. The van der Waals surface area contributed by atoms with E-state index >= 15 is 0 Å². The van der Waals surface area contributed by atoms with Crippen LogP contribution < -0.4 is 0 Å². The number of carbonyl (C=O) groups is 2. The zero-order valence-corrected chi connectivity index (χ0v) is 13.0. The Morgan fingerprint density at radius 3 is 2.81 bits per heavy atom. The molecule has 3 heterocycles. The van der Waals surface area contributed by atoms with E-state index in [0.717, 1.165) is 10.6 Å². The predicted octanol–water partition coefficient (Wildman–Crippen LogP) is 2.66. The molecule has 0 radical (unpaired) electrons. The van der Waals surface area contributed by atoms with E-state index in [2.05, 4.69) is 4.98 Å². The first-order valence-corrected chi connectivity index (χ1v) is 8.38. The molecular formula is C14H14N2O3S2.